The molecule has 0 saturated carbocycles. The SMILES string of the molecule is CC1(C)OC(=O)C(C(O)c2ccccc2)=C(c2ccccc2)O1. The zero-order chi connectivity index (χ0) is 16.4. The molecule has 1 unspecified atom stereocenters. The van der Waals surface area contributed by atoms with Crippen molar-refractivity contribution >= 4 is 11.7 Å². The Balaban J connectivity index is 2.14. The lowest BCUT2D eigenvalue weighted by molar-refractivity contribution is -0.197. The van der Waals surface area contributed by atoms with E-state index in [0.29, 0.717) is 11.3 Å². The average molecular weight is 310 g/mol. The summed E-state index contributed by atoms with van der Waals surface area (Å²) in [5.41, 5.74) is 1.44. The normalized spacial score (nSPS) is 18.1. The number of aliphatic hydroxyl groups is 1. The minimum atomic E-state index is -1.12. The molecule has 118 valence electrons. The number of ether oxygens (including phenoxy) is 2. The lowest BCUT2D eigenvalue weighted by atomic mass is 9.96. The lowest BCUT2D eigenvalue weighted by Crippen LogP contribution is -2.37. The first-order chi connectivity index (χ1) is 11.0. The Kier molecular flexibility index (Phi) is 3.92. The quantitative estimate of drug-likeness (QED) is 0.882. The Hall–Kier alpha value is -2.59. The second kappa shape index (κ2) is 5.89. The molecule has 3 rings (SSSR count). The van der Waals surface area contributed by atoms with E-state index in [2.05, 4.69) is 0 Å². The Bertz CT molecular complexity index is 732. The molecule has 23 heavy (non-hydrogen) atoms. The molecule has 1 heterocycles. The van der Waals surface area contributed by atoms with Crippen LogP contribution in [0.4, 0.5) is 0 Å². The predicted octanol–water partition coefficient (Wildman–Crippen LogP) is 3.44. The Morgan fingerprint density at radius 1 is 0.913 bits per heavy atom. The second-order valence-electron chi connectivity index (χ2n) is 5.81. The van der Waals surface area contributed by atoms with Gasteiger partial charge < -0.3 is 14.6 Å². The summed E-state index contributed by atoms with van der Waals surface area (Å²) in [6.07, 6.45) is -1.12. The average Bonchev–Trinajstić information content (AvgIpc) is 2.54. The molecule has 4 heteroatoms. The first-order valence-electron chi connectivity index (χ1n) is 7.43. The van der Waals surface area contributed by atoms with Gasteiger partial charge in [-0.1, -0.05) is 60.7 Å². The molecule has 0 fully saturated rings. The number of cyclic esters (lactones) is 1. The van der Waals surface area contributed by atoms with Crippen LogP contribution in [0, 0.1) is 0 Å². The van der Waals surface area contributed by atoms with Gasteiger partial charge in [0, 0.05) is 19.4 Å². The van der Waals surface area contributed by atoms with Crippen LogP contribution in [0.15, 0.2) is 66.2 Å². The van der Waals surface area contributed by atoms with Gasteiger partial charge in [-0.2, -0.15) is 0 Å². The first kappa shape index (κ1) is 15.3. The van der Waals surface area contributed by atoms with Gasteiger partial charge in [-0.15, -0.1) is 0 Å². The smallest absolute Gasteiger partial charge is 0.344 e. The van der Waals surface area contributed by atoms with E-state index in [-0.39, 0.29) is 5.57 Å². The second-order valence-corrected chi connectivity index (χ2v) is 5.81. The van der Waals surface area contributed by atoms with Gasteiger partial charge in [0.15, 0.2) is 0 Å². The van der Waals surface area contributed by atoms with Crippen molar-refractivity contribution in [3.05, 3.63) is 77.4 Å². The first-order valence-corrected chi connectivity index (χ1v) is 7.43. The van der Waals surface area contributed by atoms with Gasteiger partial charge >= 0.3 is 5.97 Å². The Morgan fingerprint density at radius 3 is 2.09 bits per heavy atom. The van der Waals surface area contributed by atoms with Gasteiger partial charge in [-0.3, -0.25) is 0 Å². The van der Waals surface area contributed by atoms with Gasteiger partial charge in [0.05, 0.1) is 0 Å². The molecule has 1 aliphatic rings. The van der Waals surface area contributed by atoms with Crippen LogP contribution in [0.25, 0.3) is 5.76 Å². The van der Waals surface area contributed by atoms with Crippen molar-refractivity contribution in [2.24, 2.45) is 0 Å². The summed E-state index contributed by atoms with van der Waals surface area (Å²) >= 11 is 0. The van der Waals surface area contributed by atoms with Crippen LogP contribution in [0.2, 0.25) is 0 Å². The van der Waals surface area contributed by atoms with Crippen LogP contribution in [-0.4, -0.2) is 16.9 Å². The van der Waals surface area contributed by atoms with Crippen molar-refractivity contribution in [1.82, 2.24) is 0 Å². The third-order valence-corrected chi connectivity index (χ3v) is 3.58. The van der Waals surface area contributed by atoms with E-state index in [4.69, 9.17) is 9.47 Å². The van der Waals surface area contributed by atoms with Crippen molar-refractivity contribution in [3.8, 4) is 0 Å². The van der Waals surface area contributed by atoms with Crippen LogP contribution >= 0.6 is 0 Å². The zero-order valence-corrected chi connectivity index (χ0v) is 13.0. The van der Waals surface area contributed by atoms with Crippen LogP contribution in [0.5, 0.6) is 0 Å². The summed E-state index contributed by atoms with van der Waals surface area (Å²) in [6, 6.07) is 18.2. The number of hydrogen-bond acceptors (Lipinski definition) is 4. The predicted molar refractivity (Wildman–Crippen MR) is 86.0 cm³/mol. The highest BCUT2D eigenvalue weighted by molar-refractivity contribution is 5.98. The zero-order valence-electron chi connectivity index (χ0n) is 13.0. The summed E-state index contributed by atoms with van der Waals surface area (Å²) < 4.78 is 11.2. The highest BCUT2D eigenvalue weighted by atomic mass is 16.7. The molecule has 1 atom stereocenters. The molecule has 0 aromatic heterocycles. The Labute approximate surface area is 135 Å². The minimum absolute atomic E-state index is 0.113. The molecule has 0 radical (unpaired) electrons. The van der Waals surface area contributed by atoms with Gasteiger partial charge in [0.2, 0.25) is 5.79 Å². The molecule has 2 aromatic carbocycles. The van der Waals surface area contributed by atoms with Crippen molar-refractivity contribution < 1.29 is 19.4 Å². The molecule has 2 aromatic rings. The number of benzene rings is 2. The Morgan fingerprint density at radius 2 is 1.48 bits per heavy atom. The third-order valence-electron chi connectivity index (χ3n) is 3.58. The summed E-state index contributed by atoms with van der Waals surface area (Å²) in [7, 11) is 0. The monoisotopic (exact) mass is 310 g/mol. The fraction of sp³-hybridized carbons (Fsp3) is 0.211. The van der Waals surface area contributed by atoms with E-state index < -0.39 is 17.9 Å². The molecule has 1 N–H and O–H groups in total. The number of carbonyl (C=O) groups is 1. The third kappa shape index (κ3) is 3.12. The number of hydrogen-bond donors (Lipinski definition) is 1. The highest BCUT2D eigenvalue weighted by Gasteiger charge is 2.39. The lowest BCUT2D eigenvalue weighted by Gasteiger charge is -2.34. The summed E-state index contributed by atoms with van der Waals surface area (Å²) in [6.45, 7) is 3.33. The molecule has 0 saturated heterocycles. The maximum absolute atomic E-state index is 12.5. The van der Waals surface area contributed by atoms with Crippen LogP contribution in [0.1, 0.15) is 31.1 Å². The van der Waals surface area contributed by atoms with Gasteiger partial charge in [0.25, 0.3) is 0 Å². The number of carbonyl (C=O) groups excluding carboxylic acids is 1. The van der Waals surface area contributed by atoms with Crippen molar-refractivity contribution in [3.63, 3.8) is 0 Å². The largest absolute Gasteiger partial charge is 0.452 e. The molecular formula is C19H18O4. The fourth-order valence-electron chi connectivity index (χ4n) is 2.53. The summed E-state index contributed by atoms with van der Waals surface area (Å²) in [5.74, 6) is -1.30. The number of rotatable bonds is 3. The van der Waals surface area contributed by atoms with Crippen molar-refractivity contribution in [1.29, 1.82) is 0 Å². The van der Waals surface area contributed by atoms with E-state index in [9.17, 15) is 9.90 Å². The van der Waals surface area contributed by atoms with E-state index >= 15 is 0 Å². The van der Waals surface area contributed by atoms with Gasteiger partial charge in [-0.25, -0.2) is 4.79 Å². The van der Waals surface area contributed by atoms with Crippen LogP contribution < -0.4 is 0 Å². The maximum Gasteiger partial charge on any atom is 0.344 e. The molecule has 4 nitrogen and oxygen atoms in total. The fourth-order valence-corrected chi connectivity index (χ4v) is 2.53. The molecule has 0 aliphatic carbocycles. The van der Waals surface area contributed by atoms with E-state index in [1.807, 2.05) is 36.4 Å². The molecule has 0 bridgehead atoms. The molecule has 0 amide bonds. The van der Waals surface area contributed by atoms with E-state index in [1.54, 1.807) is 38.1 Å². The number of esters is 1. The minimum Gasteiger partial charge on any atom is -0.452 e. The van der Waals surface area contributed by atoms with Gasteiger partial charge in [-0.05, 0) is 5.56 Å². The van der Waals surface area contributed by atoms with E-state index in [0.717, 1.165) is 5.56 Å². The van der Waals surface area contributed by atoms with Crippen molar-refractivity contribution in [2.45, 2.75) is 25.7 Å². The van der Waals surface area contributed by atoms with Gasteiger partial charge in [0.1, 0.15) is 17.4 Å². The highest BCUT2D eigenvalue weighted by Crippen LogP contribution is 2.38. The molecule has 1 aliphatic heterocycles. The van der Waals surface area contributed by atoms with Crippen LogP contribution in [0.3, 0.4) is 0 Å². The standard InChI is InChI=1S/C19H18O4/c1-19(2)22-17(14-11-7-4-8-12-14)15(18(21)23-19)16(20)13-9-5-3-6-10-13/h3-12,16,20H,1-2H3. The van der Waals surface area contributed by atoms with E-state index in [1.165, 1.54) is 0 Å². The van der Waals surface area contributed by atoms with Crippen LogP contribution in [-0.2, 0) is 14.3 Å². The topological polar surface area (TPSA) is 55.8 Å². The molecular weight excluding hydrogens is 292 g/mol. The number of aliphatic hydroxyl groups excluding tert-OH is 1. The maximum atomic E-state index is 12.5. The summed E-state index contributed by atoms with van der Waals surface area (Å²) in [4.78, 5) is 12.5. The summed E-state index contributed by atoms with van der Waals surface area (Å²) in [5, 5.41) is 10.7. The molecule has 0 spiro atoms. The van der Waals surface area contributed by atoms with Crippen molar-refractivity contribution in [2.75, 3.05) is 0 Å².